The molecule has 2 aromatic rings. The summed E-state index contributed by atoms with van der Waals surface area (Å²) >= 11 is 1.56. The molecular weight excluding hydrogens is 297 g/mol. The lowest BCUT2D eigenvalue weighted by Gasteiger charge is -2.23. The third kappa shape index (κ3) is 4.82. The van der Waals surface area contributed by atoms with Crippen LogP contribution in [-0.4, -0.2) is 23.7 Å². The Bertz CT molecular complexity index is 526. The summed E-state index contributed by atoms with van der Waals surface area (Å²) in [7, 11) is 0. The van der Waals surface area contributed by atoms with E-state index in [9.17, 15) is 13.2 Å². The number of nitrogens with one attached hydrogen (secondary N) is 1. The lowest BCUT2D eigenvalue weighted by Crippen LogP contribution is -2.45. The third-order valence-corrected chi connectivity index (χ3v) is 4.39. The Kier molecular flexibility index (Phi) is 5.36. The first-order chi connectivity index (χ1) is 9.97. The van der Waals surface area contributed by atoms with Crippen LogP contribution in [0, 0.1) is 0 Å². The molecule has 0 aliphatic carbocycles. The van der Waals surface area contributed by atoms with Gasteiger partial charge in [0.2, 0.25) is 0 Å². The van der Waals surface area contributed by atoms with Crippen LogP contribution < -0.4 is 5.32 Å². The van der Waals surface area contributed by atoms with Crippen molar-refractivity contribution in [1.82, 2.24) is 10.3 Å². The van der Waals surface area contributed by atoms with Crippen LogP contribution in [0.2, 0.25) is 0 Å². The van der Waals surface area contributed by atoms with Gasteiger partial charge in [-0.1, -0.05) is 13.0 Å². The van der Waals surface area contributed by atoms with Crippen LogP contribution in [0.15, 0.2) is 42.0 Å². The van der Waals surface area contributed by atoms with Crippen LogP contribution in [0.1, 0.15) is 23.3 Å². The van der Waals surface area contributed by atoms with Crippen molar-refractivity contribution in [2.24, 2.45) is 0 Å². The number of hydrogen-bond donors (Lipinski definition) is 1. The van der Waals surface area contributed by atoms with Gasteiger partial charge < -0.3 is 5.32 Å². The minimum Gasteiger partial charge on any atom is -0.305 e. The van der Waals surface area contributed by atoms with Gasteiger partial charge in [0.1, 0.15) is 6.04 Å². The van der Waals surface area contributed by atoms with Gasteiger partial charge in [-0.25, -0.2) is 0 Å². The molecule has 0 amide bonds. The van der Waals surface area contributed by atoms with Gasteiger partial charge in [-0.05, 0) is 35.6 Å². The van der Waals surface area contributed by atoms with Crippen LogP contribution in [0.25, 0.3) is 0 Å². The molecule has 2 atom stereocenters. The molecular formula is C15H17F3N2S. The number of alkyl halides is 3. The Morgan fingerprint density at radius 1 is 1.24 bits per heavy atom. The fraction of sp³-hybridized carbons (Fsp3) is 0.400. The Hall–Kier alpha value is -1.40. The molecule has 0 aromatic carbocycles. The van der Waals surface area contributed by atoms with Gasteiger partial charge >= 0.3 is 6.18 Å². The molecule has 2 nitrogen and oxygen atoms in total. The summed E-state index contributed by atoms with van der Waals surface area (Å²) in [5, 5.41) is 4.59. The van der Waals surface area contributed by atoms with Crippen molar-refractivity contribution in [2.45, 2.75) is 31.5 Å². The minimum atomic E-state index is -4.27. The highest BCUT2D eigenvalue weighted by Crippen LogP contribution is 2.25. The molecule has 0 saturated heterocycles. The van der Waals surface area contributed by atoms with E-state index in [-0.39, 0.29) is 12.3 Å². The Balaban J connectivity index is 1.97. The van der Waals surface area contributed by atoms with E-state index in [2.05, 4.69) is 10.3 Å². The first-order valence-electron chi connectivity index (χ1n) is 6.69. The smallest absolute Gasteiger partial charge is 0.305 e. The minimum absolute atomic E-state index is 0.0623. The molecule has 2 aromatic heterocycles. The Morgan fingerprint density at radius 2 is 1.95 bits per heavy atom. The molecule has 6 heteroatoms. The highest BCUT2D eigenvalue weighted by molar-refractivity contribution is 7.10. The Morgan fingerprint density at radius 3 is 2.52 bits per heavy atom. The number of aromatic nitrogens is 1. The standard InChI is InChI=1S/C15H17F3N2S/c1-11(13-3-2-8-21-13)10-20-14(15(16,17)18)9-12-4-6-19-7-5-12/h2-8,11,14,20H,9-10H2,1H3/t11-,14-/m0/s1. The van der Waals surface area contributed by atoms with Gasteiger partial charge in [-0.3, -0.25) is 4.98 Å². The van der Waals surface area contributed by atoms with E-state index in [1.807, 2.05) is 24.4 Å². The maximum Gasteiger partial charge on any atom is 0.404 e. The van der Waals surface area contributed by atoms with Crippen LogP contribution in [0.4, 0.5) is 13.2 Å². The molecule has 114 valence electrons. The third-order valence-electron chi connectivity index (χ3n) is 3.28. The molecule has 0 unspecified atom stereocenters. The zero-order chi connectivity index (χ0) is 15.3. The van der Waals surface area contributed by atoms with Crippen LogP contribution in [0.5, 0.6) is 0 Å². The van der Waals surface area contributed by atoms with Gasteiger partial charge in [0.25, 0.3) is 0 Å². The molecule has 0 bridgehead atoms. The number of pyridine rings is 1. The molecule has 0 radical (unpaired) electrons. The summed E-state index contributed by atoms with van der Waals surface area (Å²) in [5.41, 5.74) is 0.628. The highest BCUT2D eigenvalue weighted by Gasteiger charge is 2.39. The number of nitrogens with zero attached hydrogens (tertiary/aromatic N) is 1. The second kappa shape index (κ2) is 7.04. The molecule has 0 aliphatic heterocycles. The fourth-order valence-electron chi connectivity index (χ4n) is 2.05. The predicted octanol–water partition coefficient (Wildman–Crippen LogP) is 4.01. The fourth-order valence-corrected chi connectivity index (χ4v) is 2.84. The van der Waals surface area contributed by atoms with Gasteiger partial charge in [-0.2, -0.15) is 13.2 Å². The number of rotatable bonds is 6. The van der Waals surface area contributed by atoms with Crippen molar-refractivity contribution in [1.29, 1.82) is 0 Å². The molecule has 2 heterocycles. The van der Waals surface area contributed by atoms with E-state index < -0.39 is 12.2 Å². The topological polar surface area (TPSA) is 24.9 Å². The van der Waals surface area contributed by atoms with Gasteiger partial charge in [0.05, 0.1) is 0 Å². The van der Waals surface area contributed by atoms with Crippen molar-refractivity contribution < 1.29 is 13.2 Å². The average molecular weight is 314 g/mol. The second-order valence-corrected chi connectivity index (χ2v) is 5.96. The normalized spacial score (nSPS) is 14.9. The SMILES string of the molecule is C[C@@H](CN[C@@H](Cc1ccncc1)C(F)(F)F)c1cccs1. The lowest BCUT2D eigenvalue weighted by atomic mass is 10.1. The van der Waals surface area contributed by atoms with E-state index in [4.69, 9.17) is 0 Å². The molecule has 0 aliphatic rings. The molecule has 0 fully saturated rings. The van der Waals surface area contributed by atoms with Crippen molar-refractivity contribution in [3.63, 3.8) is 0 Å². The summed E-state index contributed by atoms with van der Waals surface area (Å²) < 4.78 is 39.4. The van der Waals surface area contributed by atoms with E-state index in [0.29, 0.717) is 12.1 Å². The lowest BCUT2D eigenvalue weighted by molar-refractivity contribution is -0.155. The maximum absolute atomic E-state index is 13.1. The summed E-state index contributed by atoms with van der Waals surface area (Å²) in [6.07, 6.45) is -1.32. The Labute approximate surface area is 126 Å². The summed E-state index contributed by atoms with van der Waals surface area (Å²) in [6.45, 7) is 2.23. The first kappa shape index (κ1) is 16.0. The van der Waals surface area contributed by atoms with E-state index >= 15 is 0 Å². The summed E-state index contributed by atoms with van der Waals surface area (Å²) in [4.78, 5) is 4.91. The van der Waals surface area contributed by atoms with E-state index in [0.717, 1.165) is 4.88 Å². The molecule has 21 heavy (non-hydrogen) atoms. The van der Waals surface area contributed by atoms with Crippen molar-refractivity contribution in [2.75, 3.05) is 6.54 Å². The molecule has 0 spiro atoms. The van der Waals surface area contributed by atoms with E-state index in [1.54, 1.807) is 23.5 Å². The number of thiophene rings is 1. The zero-order valence-electron chi connectivity index (χ0n) is 11.6. The van der Waals surface area contributed by atoms with Crippen molar-refractivity contribution >= 4 is 11.3 Å². The summed E-state index contributed by atoms with van der Waals surface area (Å²) in [5.74, 6) is 0.0623. The summed E-state index contributed by atoms with van der Waals surface area (Å²) in [6, 6.07) is 5.55. The van der Waals surface area contributed by atoms with Crippen LogP contribution in [0.3, 0.4) is 0 Å². The monoisotopic (exact) mass is 314 g/mol. The van der Waals surface area contributed by atoms with Gasteiger partial charge in [-0.15, -0.1) is 11.3 Å². The van der Waals surface area contributed by atoms with Gasteiger partial charge in [0.15, 0.2) is 0 Å². The van der Waals surface area contributed by atoms with Crippen LogP contribution in [-0.2, 0) is 6.42 Å². The second-order valence-electron chi connectivity index (χ2n) is 4.98. The predicted molar refractivity (Wildman–Crippen MR) is 78.5 cm³/mol. The largest absolute Gasteiger partial charge is 0.404 e. The highest BCUT2D eigenvalue weighted by atomic mass is 32.1. The van der Waals surface area contributed by atoms with Gasteiger partial charge in [0, 0.05) is 29.7 Å². The van der Waals surface area contributed by atoms with E-state index in [1.165, 1.54) is 12.4 Å². The quantitative estimate of drug-likeness (QED) is 0.871. The number of halogens is 3. The molecule has 1 N–H and O–H groups in total. The molecule has 0 saturated carbocycles. The van der Waals surface area contributed by atoms with Crippen molar-refractivity contribution in [3.8, 4) is 0 Å². The average Bonchev–Trinajstić information content (AvgIpc) is 2.97. The zero-order valence-corrected chi connectivity index (χ0v) is 12.4. The van der Waals surface area contributed by atoms with Crippen molar-refractivity contribution in [3.05, 3.63) is 52.5 Å². The first-order valence-corrected chi connectivity index (χ1v) is 7.57. The number of hydrogen-bond acceptors (Lipinski definition) is 3. The maximum atomic E-state index is 13.1. The molecule has 2 rings (SSSR count). The van der Waals surface area contributed by atoms with Crippen LogP contribution >= 0.6 is 11.3 Å².